The van der Waals surface area contributed by atoms with Gasteiger partial charge < -0.3 is 0 Å². The second kappa shape index (κ2) is 6.74. The highest BCUT2D eigenvalue weighted by atomic mass is 14.3. The van der Waals surface area contributed by atoms with Gasteiger partial charge in [0, 0.05) is 0 Å². The van der Waals surface area contributed by atoms with E-state index in [9.17, 15) is 0 Å². The summed E-state index contributed by atoms with van der Waals surface area (Å²) < 4.78 is 0. The molecule has 2 aromatic rings. The molecule has 0 radical (unpaired) electrons. The molecule has 0 spiro atoms. The monoisotopic (exact) mass is 264 g/mol. The van der Waals surface area contributed by atoms with Gasteiger partial charge in [-0.1, -0.05) is 79.9 Å². The van der Waals surface area contributed by atoms with Crippen molar-refractivity contribution < 1.29 is 0 Å². The molecule has 0 saturated heterocycles. The topological polar surface area (TPSA) is 0 Å². The summed E-state index contributed by atoms with van der Waals surface area (Å²) in [5, 5.41) is 0. The molecule has 2 unspecified atom stereocenters. The van der Waals surface area contributed by atoms with Gasteiger partial charge in [0.15, 0.2) is 0 Å². The smallest absolute Gasteiger partial charge is 0.0250 e. The fourth-order valence-electron chi connectivity index (χ4n) is 3.67. The lowest BCUT2D eigenvalue weighted by molar-refractivity contribution is 0.264. The Morgan fingerprint density at radius 3 is 1.55 bits per heavy atom. The summed E-state index contributed by atoms with van der Waals surface area (Å²) in [5.41, 5.74) is 3.02. The maximum atomic E-state index is 2.28. The first-order valence-electron chi connectivity index (χ1n) is 7.98. The Labute approximate surface area is 122 Å². The van der Waals surface area contributed by atoms with Crippen molar-refractivity contribution in [2.75, 3.05) is 0 Å². The van der Waals surface area contributed by atoms with Crippen molar-refractivity contribution in [3.8, 4) is 0 Å². The van der Waals surface area contributed by atoms with E-state index in [0.29, 0.717) is 0 Å². The van der Waals surface area contributed by atoms with Gasteiger partial charge in [0.1, 0.15) is 0 Å². The highest BCUT2D eigenvalue weighted by Gasteiger charge is 2.22. The zero-order valence-electron chi connectivity index (χ0n) is 12.2. The van der Waals surface area contributed by atoms with Gasteiger partial charge in [0.05, 0.1) is 0 Å². The highest BCUT2D eigenvalue weighted by molar-refractivity contribution is 5.17. The molecule has 20 heavy (non-hydrogen) atoms. The van der Waals surface area contributed by atoms with Gasteiger partial charge in [-0.25, -0.2) is 0 Å². The van der Waals surface area contributed by atoms with E-state index in [1.165, 1.54) is 49.7 Å². The van der Waals surface area contributed by atoms with E-state index in [0.717, 1.165) is 11.8 Å². The minimum Gasteiger partial charge on any atom is -0.0622 e. The minimum absolute atomic E-state index is 0.889. The Bertz CT molecular complexity index is 453. The molecule has 0 aromatic heterocycles. The summed E-state index contributed by atoms with van der Waals surface area (Å²) in [7, 11) is 0. The molecule has 2 aromatic carbocycles. The molecular formula is C20H24. The molecule has 1 aliphatic rings. The quantitative estimate of drug-likeness (QED) is 0.705. The molecule has 1 fully saturated rings. The Hall–Kier alpha value is -1.56. The number of rotatable bonds is 4. The average Bonchev–Trinajstić information content (AvgIpc) is 2.50. The Morgan fingerprint density at radius 1 is 0.650 bits per heavy atom. The molecule has 1 saturated carbocycles. The first-order chi connectivity index (χ1) is 9.90. The van der Waals surface area contributed by atoms with Crippen molar-refractivity contribution in [2.24, 2.45) is 11.8 Å². The van der Waals surface area contributed by atoms with Crippen molar-refractivity contribution in [2.45, 2.75) is 38.5 Å². The second-order valence-electron chi connectivity index (χ2n) is 6.28. The molecule has 2 atom stereocenters. The van der Waals surface area contributed by atoms with Crippen molar-refractivity contribution in [3.63, 3.8) is 0 Å². The molecule has 1 aliphatic carbocycles. The molecule has 0 heteroatoms. The molecule has 0 N–H and O–H groups in total. The normalized spacial score (nSPS) is 22.6. The lowest BCUT2D eigenvalue weighted by Gasteiger charge is -2.29. The molecular weight excluding hydrogens is 240 g/mol. The molecule has 0 bridgehead atoms. The van der Waals surface area contributed by atoms with Crippen molar-refractivity contribution in [3.05, 3.63) is 71.8 Å². The van der Waals surface area contributed by atoms with E-state index < -0.39 is 0 Å². The fourth-order valence-corrected chi connectivity index (χ4v) is 3.67. The first-order valence-corrected chi connectivity index (χ1v) is 7.98. The van der Waals surface area contributed by atoms with Crippen LogP contribution in [0, 0.1) is 11.8 Å². The van der Waals surface area contributed by atoms with E-state index >= 15 is 0 Å². The lowest BCUT2D eigenvalue weighted by Crippen LogP contribution is -2.19. The molecule has 0 heterocycles. The SMILES string of the molecule is c1ccc(CC2CCCC(Cc3ccccc3)C2)cc1. The highest BCUT2D eigenvalue weighted by Crippen LogP contribution is 2.33. The summed E-state index contributed by atoms with van der Waals surface area (Å²) >= 11 is 0. The predicted molar refractivity (Wildman–Crippen MR) is 85.7 cm³/mol. The third-order valence-corrected chi connectivity index (χ3v) is 4.63. The zero-order chi connectivity index (χ0) is 13.6. The maximum absolute atomic E-state index is 2.28. The third kappa shape index (κ3) is 3.72. The van der Waals surface area contributed by atoms with Crippen LogP contribution in [0.1, 0.15) is 36.8 Å². The minimum atomic E-state index is 0.889. The van der Waals surface area contributed by atoms with Crippen LogP contribution in [-0.4, -0.2) is 0 Å². The van der Waals surface area contributed by atoms with E-state index in [1.807, 2.05) is 0 Å². The van der Waals surface area contributed by atoms with E-state index in [4.69, 9.17) is 0 Å². The van der Waals surface area contributed by atoms with Crippen molar-refractivity contribution in [1.29, 1.82) is 0 Å². The summed E-state index contributed by atoms with van der Waals surface area (Å²) in [4.78, 5) is 0. The summed E-state index contributed by atoms with van der Waals surface area (Å²) in [6, 6.07) is 22.0. The van der Waals surface area contributed by atoms with Crippen molar-refractivity contribution in [1.82, 2.24) is 0 Å². The Kier molecular flexibility index (Phi) is 4.53. The van der Waals surface area contributed by atoms with Gasteiger partial charge >= 0.3 is 0 Å². The molecule has 0 aliphatic heterocycles. The van der Waals surface area contributed by atoms with Crippen LogP contribution >= 0.6 is 0 Å². The molecule has 104 valence electrons. The number of hydrogen-bond acceptors (Lipinski definition) is 0. The first kappa shape index (κ1) is 13.4. The van der Waals surface area contributed by atoms with Crippen LogP contribution in [0.2, 0.25) is 0 Å². The predicted octanol–water partition coefficient (Wildman–Crippen LogP) is 5.28. The maximum Gasteiger partial charge on any atom is -0.0250 e. The second-order valence-corrected chi connectivity index (χ2v) is 6.28. The van der Waals surface area contributed by atoms with Crippen LogP contribution < -0.4 is 0 Å². The number of benzene rings is 2. The van der Waals surface area contributed by atoms with Crippen LogP contribution in [-0.2, 0) is 12.8 Å². The van der Waals surface area contributed by atoms with Gasteiger partial charge in [0.25, 0.3) is 0 Å². The number of hydrogen-bond donors (Lipinski definition) is 0. The summed E-state index contributed by atoms with van der Waals surface area (Å²) in [5.74, 6) is 1.78. The van der Waals surface area contributed by atoms with Crippen LogP contribution in [0.25, 0.3) is 0 Å². The zero-order valence-corrected chi connectivity index (χ0v) is 12.2. The Morgan fingerprint density at radius 2 is 1.10 bits per heavy atom. The van der Waals surface area contributed by atoms with E-state index in [1.54, 1.807) is 0 Å². The van der Waals surface area contributed by atoms with Crippen LogP contribution in [0.4, 0.5) is 0 Å². The Balaban J connectivity index is 1.57. The van der Waals surface area contributed by atoms with Gasteiger partial charge in [-0.05, 0) is 42.2 Å². The largest absolute Gasteiger partial charge is 0.0622 e. The fraction of sp³-hybridized carbons (Fsp3) is 0.400. The molecule has 0 amide bonds. The van der Waals surface area contributed by atoms with Crippen LogP contribution in [0.3, 0.4) is 0 Å². The molecule has 0 nitrogen and oxygen atoms in total. The van der Waals surface area contributed by atoms with Gasteiger partial charge in [0.2, 0.25) is 0 Å². The van der Waals surface area contributed by atoms with E-state index in [2.05, 4.69) is 60.7 Å². The van der Waals surface area contributed by atoms with Crippen LogP contribution in [0.5, 0.6) is 0 Å². The standard InChI is InChI=1S/C20H24/c1-3-8-17(9-4-1)14-19-12-7-13-20(16-19)15-18-10-5-2-6-11-18/h1-6,8-11,19-20H,7,12-16H2. The molecule has 3 rings (SSSR count). The van der Waals surface area contributed by atoms with Gasteiger partial charge in [-0.15, -0.1) is 0 Å². The lowest BCUT2D eigenvalue weighted by atomic mass is 9.76. The summed E-state index contributed by atoms with van der Waals surface area (Å²) in [6.07, 6.45) is 8.19. The van der Waals surface area contributed by atoms with E-state index in [-0.39, 0.29) is 0 Å². The van der Waals surface area contributed by atoms with Gasteiger partial charge in [-0.2, -0.15) is 0 Å². The van der Waals surface area contributed by atoms with Gasteiger partial charge in [-0.3, -0.25) is 0 Å². The summed E-state index contributed by atoms with van der Waals surface area (Å²) in [6.45, 7) is 0. The average molecular weight is 264 g/mol. The third-order valence-electron chi connectivity index (χ3n) is 4.63. The van der Waals surface area contributed by atoms with Crippen LogP contribution in [0.15, 0.2) is 60.7 Å². The van der Waals surface area contributed by atoms with Crippen molar-refractivity contribution >= 4 is 0 Å².